The van der Waals surface area contributed by atoms with Crippen LogP contribution in [0.15, 0.2) is 47.3 Å². The van der Waals surface area contributed by atoms with Crippen LogP contribution in [0.4, 0.5) is 0 Å². The summed E-state index contributed by atoms with van der Waals surface area (Å²) in [5.41, 5.74) is 2.03. The van der Waals surface area contributed by atoms with Gasteiger partial charge in [0, 0.05) is 5.56 Å². The Labute approximate surface area is 121 Å². The topological polar surface area (TPSA) is 64.2 Å². The Morgan fingerprint density at radius 1 is 1.00 bits per heavy atom. The van der Waals surface area contributed by atoms with E-state index in [0.29, 0.717) is 11.3 Å². The quantitative estimate of drug-likeness (QED) is 0.802. The monoisotopic (exact) mass is 282 g/mol. The molecule has 1 heterocycles. The predicted octanol–water partition coefficient (Wildman–Crippen LogP) is 2.61. The number of H-pyrrole nitrogens is 1. The van der Waals surface area contributed by atoms with Gasteiger partial charge in [0.15, 0.2) is 0 Å². The molecule has 0 aliphatic rings. The largest absolute Gasteiger partial charge is 0.496 e. The molecule has 0 atom stereocenters. The molecule has 3 rings (SSSR count). The highest BCUT2D eigenvalue weighted by Gasteiger charge is 2.16. The maximum Gasteiger partial charge on any atom is 0.348 e. The van der Waals surface area contributed by atoms with Gasteiger partial charge in [-0.25, -0.2) is 4.79 Å². The third kappa shape index (κ3) is 2.23. The van der Waals surface area contributed by atoms with Gasteiger partial charge in [0.2, 0.25) is 5.88 Å². The van der Waals surface area contributed by atoms with Gasteiger partial charge in [-0.15, -0.1) is 0 Å². The van der Waals surface area contributed by atoms with E-state index < -0.39 is 5.69 Å². The smallest absolute Gasteiger partial charge is 0.348 e. The molecule has 1 aromatic heterocycles. The Morgan fingerprint density at radius 3 is 2.43 bits per heavy atom. The fourth-order valence-corrected chi connectivity index (χ4v) is 2.41. The molecule has 0 aliphatic heterocycles. The molecule has 5 nitrogen and oxygen atoms in total. The molecule has 0 saturated heterocycles. The lowest BCUT2D eigenvalue weighted by molar-refractivity contribution is 0.400. The van der Waals surface area contributed by atoms with Crippen LogP contribution in [0.1, 0.15) is 0 Å². The van der Waals surface area contributed by atoms with E-state index in [1.807, 2.05) is 36.4 Å². The van der Waals surface area contributed by atoms with Crippen molar-refractivity contribution in [3.05, 3.63) is 52.9 Å². The third-order valence-corrected chi connectivity index (χ3v) is 3.30. The summed E-state index contributed by atoms with van der Waals surface area (Å²) < 4.78 is 10.7. The maximum atomic E-state index is 11.6. The molecular weight excluding hydrogens is 268 g/mol. The van der Waals surface area contributed by atoms with Crippen molar-refractivity contribution < 1.29 is 9.47 Å². The summed E-state index contributed by atoms with van der Waals surface area (Å²) >= 11 is 0. The summed E-state index contributed by atoms with van der Waals surface area (Å²) in [4.78, 5) is 18.2. The van der Waals surface area contributed by atoms with Crippen molar-refractivity contribution in [3.63, 3.8) is 0 Å². The maximum absolute atomic E-state index is 11.6. The van der Waals surface area contributed by atoms with Gasteiger partial charge in [0.1, 0.15) is 5.75 Å². The number of nitrogens with zero attached hydrogens (tertiary/aromatic N) is 1. The average molecular weight is 282 g/mol. The summed E-state index contributed by atoms with van der Waals surface area (Å²) in [5, 5.41) is 0.725. The zero-order chi connectivity index (χ0) is 14.8. The first-order chi connectivity index (χ1) is 10.2. The molecule has 0 bridgehead atoms. The average Bonchev–Trinajstić information content (AvgIpc) is 2.53. The number of aromatic amines is 1. The number of benzene rings is 2. The van der Waals surface area contributed by atoms with Crippen molar-refractivity contribution in [1.29, 1.82) is 0 Å². The number of rotatable bonds is 3. The van der Waals surface area contributed by atoms with Gasteiger partial charge in [-0.05, 0) is 17.7 Å². The van der Waals surface area contributed by atoms with Crippen LogP contribution in [-0.4, -0.2) is 24.2 Å². The number of fused-ring (bicyclic) bond motifs is 1. The van der Waals surface area contributed by atoms with Crippen LogP contribution < -0.4 is 15.2 Å². The first kappa shape index (κ1) is 13.2. The van der Waals surface area contributed by atoms with Gasteiger partial charge in [0.05, 0.1) is 25.1 Å². The highest BCUT2D eigenvalue weighted by atomic mass is 16.5. The van der Waals surface area contributed by atoms with Gasteiger partial charge < -0.3 is 14.5 Å². The SMILES string of the molecule is COc1ccc2[nH]c(=O)nc(OC)c2c1-c1ccccc1. The lowest BCUT2D eigenvalue weighted by atomic mass is 10.00. The number of methoxy groups -OCH3 is 2. The molecule has 0 fully saturated rings. The van der Waals surface area contributed by atoms with Crippen LogP contribution in [-0.2, 0) is 0 Å². The van der Waals surface area contributed by atoms with Crippen LogP contribution in [0.2, 0.25) is 0 Å². The summed E-state index contributed by atoms with van der Waals surface area (Å²) in [6, 6.07) is 13.4. The Kier molecular flexibility index (Phi) is 3.31. The number of hydrogen-bond donors (Lipinski definition) is 1. The highest BCUT2D eigenvalue weighted by molar-refractivity contribution is 6.01. The summed E-state index contributed by atoms with van der Waals surface area (Å²) in [7, 11) is 3.11. The molecule has 0 amide bonds. The Morgan fingerprint density at radius 2 is 1.76 bits per heavy atom. The van der Waals surface area contributed by atoms with E-state index in [1.165, 1.54) is 7.11 Å². The number of nitrogens with one attached hydrogen (secondary N) is 1. The highest BCUT2D eigenvalue weighted by Crippen LogP contribution is 2.39. The molecule has 3 aromatic rings. The second kappa shape index (κ2) is 5.28. The lowest BCUT2D eigenvalue weighted by Crippen LogP contribution is -2.12. The second-order valence-corrected chi connectivity index (χ2v) is 4.48. The molecule has 0 spiro atoms. The van der Waals surface area contributed by atoms with Gasteiger partial charge >= 0.3 is 5.69 Å². The standard InChI is InChI=1S/C16H14N2O3/c1-20-12-9-8-11-14(15(21-2)18-16(19)17-11)13(12)10-6-4-3-5-7-10/h3-9H,1-2H3,(H,17,18,19). The molecule has 0 aliphatic carbocycles. The van der Waals surface area contributed by atoms with E-state index in [4.69, 9.17) is 9.47 Å². The molecule has 1 N–H and O–H groups in total. The van der Waals surface area contributed by atoms with Crippen LogP contribution in [0.5, 0.6) is 11.6 Å². The van der Waals surface area contributed by atoms with Gasteiger partial charge in [-0.2, -0.15) is 4.98 Å². The third-order valence-electron chi connectivity index (χ3n) is 3.30. The van der Waals surface area contributed by atoms with Crippen LogP contribution in [0.25, 0.3) is 22.0 Å². The molecule has 5 heteroatoms. The molecule has 106 valence electrons. The minimum absolute atomic E-state index is 0.284. The Bertz CT molecular complexity index is 841. The predicted molar refractivity (Wildman–Crippen MR) is 80.9 cm³/mol. The minimum atomic E-state index is -0.441. The van der Waals surface area contributed by atoms with Gasteiger partial charge in [-0.1, -0.05) is 30.3 Å². The van der Waals surface area contributed by atoms with E-state index in [0.717, 1.165) is 16.5 Å². The number of ether oxygens (including phenoxy) is 2. The van der Waals surface area contributed by atoms with Crippen molar-refractivity contribution in [1.82, 2.24) is 9.97 Å². The first-order valence-corrected chi connectivity index (χ1v) is 6.45. The van der Waals surface area contributed by atoms with E-state index in [2.05, 4.69) is 9.97 Å². The summed E-state index contributed by atoms with van der Waals surface area (Å²) in [6.45, 7) is 0. The van der Waals surface area contributed by atoms with Crippen molar-refractivity contribution in [2.45, 2.75) is 0 Å². The van der Waals surface area contributed by atoms with Crippen LogP contribution in [0, 0.1) is 0 Å². The van der Waals surface area contributed by atoms with E-state index in [1.54, 1.807) is 13.2 Å². The van der Waals surface area contributed by atoms with Gasteiger partial charge in [-0.3, -0.25) is 0 Å². The van der Waals surface area contributed by atoms with Crippen molar-refractivity contribution in [3.8, 4) is 22.8 Å². The number of hydrogen-bond acceptors (Lipinski definition) is 4. The minimum Gasteiger partial charge on any atom is -0.496 e. The fourth-order valence-electron chi connectivity index (χ4n) is 2.41. The van der Waals surface area contributed by atoms with Crippen molar-refractivity contribution >= 4 is 10.9 Å². The van der Waals surface area contributed by atoms with Crippen LogP contribution >= 0.6 is 0 Å². The van der Waals surface area contributed by atoms with E-state index in [-0.39, 0.29) is 5.88 Å². The lowest BCUT2D eigenvalue weighted by Gasteiger charge is -2.13. The zero-order valence-electron chi connectivity index (χ0n) is 11.7. The fraction of sp³-hybridized carbons (Fsp3) is 0.125. The Hall–Kier alpha value is -2.82. The summed E-state index contributed by atoms with van der Waals surface area (Å²) in [5.74, 6) is 0.979. The van der Waals surface area contributed by atoms with Crippen molar-refractivity contribution in [2.24, 2.45) is 0 Å². The molecule has 0 saturated carbocycles. The van der Waals surface area contributed by atoms with E-state index in [9.17, 15) is 4.79 Å². The normalized spacial score (nSPS) is 10.6. The zero-order valence-corrected chi connectivity index (χ0v) is 11.7. The van der Waals surface area contributed by atoms with Gasteiger partial charge in [0.25, 0.3) is 0 Å². The molecule has 2 aromatic carbocycles. The van der Waals surface area contributed by atoms with E-state index >= 15 is 0 Å². The molecular formula is C16H14N2O3. The Balaban J connectivity index is 2.47. The summed E-state index contributed by atoms with van der Waals surface area (Å²) in [6.07, 6.45) is 0. The second-order valence-electron chi connectivity index (χ2n) is 4.48. The molecule has 0 radical (unpaired) electrons. The first-order valence-electron chi connectivity index (χ1n) is 6.45. The molecule has 0 unspecified atom stereocenters. The number of aromatic nitrogens is 2. The molecule has 21 heavy (non-hydrogen) atoms. The van der Waals surface area contributed by atoms with Crippen molar-refractivity contribution in [2.75, 3.05) is 14.2 Å². The van der Waals surface area contributed by atoms with Crippen LogP contribution in [0.3, 0.4) is 0 Å².